The van der Waals surface area contributed by atoms with Gasteiger partial charge in [-0.25, -0.2) is 4.98 Å². The molecule has 10 aromatic rings. The second-order valence-corrected chi connectivity index (χ2v) is 21.8. The van der Waals surface area contributed by atoms with E-state index in [1.807, 2.05) is 12.3 Å². The molecule has 366 valence electrons. The number of aromatic nitrogens is 4. The van der Waals surface area contributed by atoms with Crippen molar-refractivity contribution in [3.8, 4) is 39.9 Å². The van der Waals surface area contributed by atoms with E-state index in [0.29, 0.717) is 11.5 Å². The van der Waals surface area contributed by atoms with Gasteiger partial charge in [0.25, 0.3) is 6.33 Å². The van der Waals surface area contributed by atoms with E-state index in [0.717, 1.165) is 50.3 Å². The van der Waals surface area contributed by atoms with Gasteiger partial charge in [0, 0.05) is 55.9 Å². The molecule has 10 rings (SSSR count). The minimum atomic E-state index is -0.397. The van der Waals surface area contributed by atoms with Gasteiger partial charge in [-0.3, -0.25) is 4.57 Å². The summed E-state index contributed by atoms with van der Waals surface area (Å²) >= 11 is 0. The molecular formula is C66H64N4OPt-2. The van der Waals surface area contributed by atoms with Gasteiger partial charge in [-0.1, -0.05) is 191 Å². The van der Waals surface area contributed by atoms with Crippen LogP contribution >= 0.6 is 0 Å². The largest absolute Gasteiger partial charge is 0.510 e. The first-order chi connectivity index (χ1) is 34.0. The summed E-state index contributed by atoms with van der Waals surface area (Å²) in [5, 5.41) is 2.21. The molecule has 0 spiro atoms. The Morgan fingerprint density at radius 3 is 1.81 bits per heavy atom. The van der Waals surface area contributed by atoms with Crippen LogP contribution in [0.2, 0.25) is 0 Å². The van der Waals surface area contributed by atoms with Crippen LogP contribution in [0.4, 0.5) is 0 Å². The fourth-order valence-corrected chi connectivity index (χ4v) is 10.2. The maximum Gasteiger partial charge on any atom is 0.267 e. The Bertz CT molecular complexity index is 3530. The number of imidazole rings is 1. The second-order valence-electron chi connectivity index (χ2n) is 21.8. The molecule has 0 fully saturated rings. The van der Waals surface area contributed by atoms with Gasteiger partial charge in [0.2, 0.25) is 0 Å². The molecule has 7 aromatic carbocycles. The number of fused-ring (bicyclic) bond motifs is 3. The zero-order valence-corrected chi connectivity index (χ0v) is 45.7. The molecule has 3 aromatic heterocycles. The van der Waals surface area contributed by atoms with E-state index < -0.39 is 5.41 Å². The standard InChI is InChI=1S/C66H64N4O.Pt/c1-44(2)55-29-21-30-56(45(3)4)63(55)61-42-68(43-69(61)51-27-20-26-49(36-51)65(8,9)46-22-14-12-15-23-46)52-37-50(66(10,11)47-24-16-13-17-25-47)38-54(40-52)71-53-32-33-58-57-28-18-19-31-59(57)70(60(58)41-53)62-39-48(34-35-67-62)64(5,6)7;/h12-39,42,44-45H,1-11H3;/q-2;. The number of hydrogen-bond acceptors (Lipinski definition) is 2. The molecule has 0 saturated heterocycles. The predicted octanol–water partition coefficient (Wildman–Crippen LogP) is 16.3. The van der Waals surface area contributed by atoms with Crippen molar-refractivity contribution in [3.63, 3.8) is 0 Å². The summed E-state index contributed by atoms with van der Waals surface area (Å²) in [6.07, 6.45) is 8.03. The van der Waals surface area contributed by atoms with Gasteiger partial charge in [0.1, 0.15) is 5.82 Å². The Hall–Kier alpha value is -6.81. The molecule has 72 heavy (non-hydrogen) atoms. The van der Waals surface area contributed by atoms with Crippen LogP contribution in [0, 0.1) is 18.5 Å². The number of benzene rings is 7. The molecule has 6 heteroatoms. The molecular weight excluding hydrogens is 1060 g/mol. The monoisotopic (exact) mass is 1120 g/mol. The van der Waals surface area contributed by atoms with Crippen LogP contribution in [0.3, 0.4) is 0 Å². The van der Waals surface area contributed by atoms with Gasteiger partial charge in [-0.2, -0.15) is 12.1 Å². The van der Waals surface area contributed by atoms with E-state index in [4.69, 9.17) is 9.72 Å². The van der Waals surface area contributed by atoms with Gasteiger partial charge in [-0.05, 0) is 103 Å². The number of para-hydroxylation sites is 1. The topological polar surface area (TPSA) is 35.9 Å². The summed E-state index contributed by atoms with van der Waals surface area (Å²) in [4.78, 5) is 4.92. The number of ether oxygens (including phenoxy) is 1. The van der Waals surface area contributed by atoms with Crippen molar-refractivity contribution in [1.82, 2.24) is 14.1 Å². The van der Waals surface area contributed by atoms with Crippen molar-refractivity contribution in [2.24, 2.45) is 0 Å². The maximum absolute atomic E-state index is 7.01. The van der Waals surface area contributed by atoms with E-state index in [1.54, 1.807) is 0 Å². The summed E-state index contributed by atoms with van der Waals surface area (Å²) in [6.45, 7) is 25.0. The molecule has 0 aliphatic rings. The van der Waals surface area contributed by atoms with Crippen molar-refractivity contribution in [1.29, 1.82) is 0 Å². The molecule has 0 amide bonds. The number of hydrogen-bond donors (Lipinski definition) is 0. The van der Waals surface area contributed by atoms with Crippen molar-refractivity contribution in [2.45, 2.75) is 104 Å². The number of rotatable bonds is 12. The summed E-state index contributed by atoms with van der Waals surface area (Å²) in [7, 11) is 0. The van der Waals surface area contributed by atoms with E-state index in [9.17, 15) is 0 Å². The first-order valence-corrected chi connectivity index (χ1v) is 25.1. The van der Waals surface area contributed by atoms with Gasteiger partial charge in [0.15, 0.2) is 0 Å². The maximum atomic E-state index is 7.01. The van der Waals surface area contributed by atoms with Crippen molar-refractivity contribution < 1.29 is 30.4 Å². The molecule has 0 atom stereocenters. The zero-order chi connectivity index (χ0) is 49.8. The van der Waals surface area contributed by atoms with Crippen molar-refractivity contribution >= 4 is 21.8 Å². The van der Waals surface area contributed by atoms with Gasteiger partial charge in [0.05, 0.1) is 11.4 Å². The Labute approximate surface area is 441 Å². The average Bonchev–Trinajstić information content (AvgIpc) is 3.96. The Kier molecular flexibility index (Phi) is 13.7. The van der Waals surface area contributed by atoms with E-state index in [1.165, 1.54) is 38.9 Å². The van der Waals surface area contributed by atoms with Crippen LogP contribution in [0.25, 0.3) is 50.3 Å². The first kappa shape index (κ1) is 50.1. The van der Waals surface area contributed by atoms with Crippen LogP contribution in [-0.2, 0) is 37.3 Å². The quantitative estimate of drug-likeness (QED) is 0.0903. The fourth-order valence-electron chi connectivity index (χ4n) is 10.2. The third kappa shape index (κ3) is 9.41. The van der Waals surface area contributed by atoms with Gasteiger partial charge in [-0.15, -0.1) is 35.2 Å². The van der Waals surface area contributed by atoms with Crippen LogP contribution in [0.1, 0.15) is 127 Å². The SMILES string of the molecule is CC(C)c1cccc(C(C)C)c1-c1cn(-c2[c-]c(Oc3[c-]c4c(cc3)c3ccccc3n4-c3cc(C(C)(C)C)ccn3)cc(C(C)(C)c3ccccc3)c2)[c-][n+]1-c1cccc(C(C)(C)c2ccccc2)c1.[Pt]. The molecule has 0 aliphatic carbocycles. The van der Waals surface area contributed by atoms with E-state index in [2.05, 4.69) is 272 Å². The Morgan fingerprint density at radius 2 is 1.15 bits per heavy atom. The van der Waals surface area contributed by atoms with Crippen molar-refractivity contribution in [2.75, 3.05) is 0 Å². The number of nitrogens with zero attached hydrogens (tertiary/aromatic N) is 4. The van der Waals surface area contributed by atoms with Crippen LogP contribution in [-0.4, -0.2) is 14.1 Å². The third-order valence-electron chi connectivity index (χ3n) is 14.6. The molecule has 0 unspecified atom stereocenters. The Balaban J connectivity index is 0.00000640. The first-order valence-electron chi connectivity index (χ1n) is 25.1. The molecule has 0 aliphatic heterocycles. The van der Waals surface area contributed by atoms with Gasteiger partial charge >= 0.3 is 0 Å². The normalized spacial score (nSPS) is 12.2. The minimum absolute atomic E-state index is 0. The number of pyridine rings is 1. The van der Waals surface area contributed by atoms with E-state index >= 15 is 0 Å². The van der Waals surface area contributed by atoms with Crippen LogP contribution < -0.4 is 9.30 Å². The molecule has 0 bridgehead atoms. The average molecular weight is 1120 g/mol. The summed E-state index contributed by atoms with van der Waals surface area (Å²) in [6, 6.07) is 66.0. The van der Waals surface area contributed by atoms with Crippen LogP contribution in [0.5, 0.6) is 11.5 Å². The molecule has 0 N–H and O–H groups in total. The summed E-state index contributed by atoms with van der Waals surface area (Å²) in [5.74, 6) is 2.59. The zero-order valence-electron chi connectivity index (χ0n) is 43.4. The van der Waals surface area contributed by atoms with Crippen LogP contribution in [0.15, 0.2) is 176 Å². The molecule has 0 saturated carbocycles. The van der Waals surface area contributed by atoms with Crippen molar-refractivity contribution in [3.05, 3.63) is 234 Å². The second kappa shape index (κ2) is 19.7. The van der Waals surface area contributed by atoms with Gasteiger partial charge < -0.3 is 13.9 Å². The summed E-state index contributed by atoms with van der Waals surface area (Å²) < 4.78 is 13.6. The molecule has 3 heterocycles. The minimum Gasteiger partial charge on any atom is -0.510 e. The Morgan fingerprint density at radius 1 is 0.542 bits per heavy atom. The summed E-state index contributed by atoms with van der Waals surface area (Å²) in [5.41, 5.74) is 14.0. The smallest absolute Gasteiger partial charge is 0.267 e. The third-order valence-corrected chi connectivity index (χ3v) is 14.6. The molecule has 5 nitrogen and oxygen atoms in total. The molecule has 0 radical (unpaired) electrons. The fraction of sp³-hybridized carbons (Fsp3) is 0.242. The van der Waals surface area contributed by atoms with E-state index in [-0.39, 0.29) is 43.7 Å². The predicted molar refractivity (Wildman–Crippen MR) is 292 cm³/mol.